The Morgan fingerprint density at radius 2 is 1.97 bits per heavy atom. The smallest absolute Gasteiger partial charge is 0.328 e. The molecule has 3 aromatic rings. The maximum Gasteiger partial charge on any atom is 0.328 e. The summed E-state index contributed by atoms with van der Waals surface area (Å²) in [5.41, 5.74) is 3.10. The molecule has 0 aliphatic carbocycles. The van der Waals surface area contributed by atoms with Crippen LogP contribution in [0.1, 0.15) is 22.8 Å². The van der Waals surface area contributed by atoms with Crippen LogP contribution >= 0.6 is 0 Å². The Morgan fingerprint density at radius 3 is 2.69 bits per heavy atom. The molecule has 32 heavy (non-hydrogen) atoms. The number of hydrogen-bond donors (Lipinski definition) is 2. The van der Waals surface area contributed by atoms with Crippen molar-refractivity contribution in [2.24, 2.45) is 0 Å². The van der Waals surface area contributed by atoms with Gasteiger partial charge in [-0.15, -0.1) is 0 Å². The molecule has 0 radical (unpaired) electrons. The fourth-order valence-corrected chi connectivity index (χ4v) is 3.58. The van der Waals surface area contributed by atoms with Gasteiger partial charge in [0.25, 0.3) is 5.91 Å². The first-order valence-electron chi connectivity index (χ1n) is 10.2. The molecule has 6 nitrogen and oxygen atoms in total. The maximum atomic E-state index is 13.2. The van der Waals surface area contributed by atoms with E-state index in [9.17, 15) is 9.59 Å². The lowest BCUT2D eigenvalue weighted by molar-refractivity contribution is -0.131. The van der Waals surface area contributed by atoms with Crippen molar-refractivity contribution in [2.45, 2.75) is 19.5 Å². The minimum atomic E-state index is -1.04. The third-order valence-corrected chi connectivity index (χ3v) is 5.18. The van der Waals surface area contributed by atoms with Crippen molar-refractivity contribution in [1.29, 1.82) is 0 Å². The summed E-state index contributed by atoms with van der Waals surface area (Å²) in [6.07, 6.45) is 7.63. The monoisotopic (exact) mass is 430 g/mol. The molecule has 0 unspecified atom stereocenters. The van der Waals surface area contributed by atoms with Gasteiger partial charge in [-0.05, 0) is 30.7 Å². The Kier molecular flexibility index (Phi) is 7.29. The van der Waals surface area contributed by atoms with E-state index in [1.807, 2.05) is 60.2 Å². The van der Waals surface area contributed by atoms with Crippen molar-refractivity contribution in [3.05, 3.63) is 102 Å². The molecule has 0 saturated carbocycles. The summed E-state index contributed by atoms with van der Waals surface area (Å²) in [6.45, 7) is 6.15. The molecule has 1 heterocycles. The van der Waals surface area contributed by atoms with Crippen LogP contribution in [0.5, 0.6) is 5.75 Å². The van der Waals surface area contributed by atoms with Gasteiger partial charge in [-0.1, -0.05) is 55.1 Å². The van der Waals surface area contributed by atoms with Crippen LogP contribution in [-0.2, 0) is 11.3 Å². The molecule has 1 aromatic heterocycles. The van der Waals surface area contributed by atoms with Crippen LogP contribution in [-0.4, -0.2) is 34.7 Å². The molecule has 6 heteroatoms. The summed E-state index contributed by atoms with van der Waals surface area (Å²) in [4.78, 5) is 23.9. The molecule has 164 valence electrons. The van der Waals surface area contributed by atoms with Crippen molar-refractivity contribution in [1.82, 2.24) is 9.88 Å². The SMILES string of the molecule is C=C/C(=C\C=C\C(=O)O)[C@H](C)NC(=O)c1cccc2ccn(Cc3ccccc3OC)c12. The number of carbonyl (C=O) groups is 2. The van der Waals surface area contributed by atoms with Crippen LogP contribution in [0, 0.1) is 0 Å². The van der Waals surface area contributed by atoms with Gasteiger partial charge >= 0.3 is 5.97 Å². The maximum absolute atomic E-state index is 13.2. The standard InChI is InChI=1S/C26H26N2O4/c1-4-19(10-8-14-24(29)30)18(2)27-26(31)22-12-7-11-20-15-16-28(25(20)22)17-21-9-5-6-13-23(21)32-3/h4-16,18H,1,17H2,2-3H3,(H,27,31)(H,29,30)/b14-8+,19-10+/t18-/m0/s1. The van der Waals surface area contributed by atoms with Gasteiger partial charge < -0.3 is 19.7 Å². The number of aromatic nitrogens is 1. The van der Waals surface area contributed by atoms with Gasteiger partial charge in [0.05, 0.1) is 30.8 Å². The minimum Gasteiger partial charge on any atom is -0.496 e. The molecule has 0 saturated heterocycles. The number of benzene rings is 2. The molecule has 2 N–H and O–H groups in total. The first kappa shape index (κ1) is 22.6. The number of ether oxygens (including phenoxy) is 1. The molecule has 0 aliphatic heterocycles. The largest absolute Gasteiger partial charge is 0.496 e. The number of carbonyl (C=O) groups excluding carboxylic acids is 1. The Labute approximate surface area is 187 Å². The molecule has 0 bridgehead atoms. The number of carboxylic acids is 1. The van der Waals surface area contributed by atoms with E-state index in [2.05, 4.69) is 11.9 Å². The van der Waals surface area contributed by atoms with Gasteiger partial charge in [-0.3, -0.25) is 4.79 Å². The molecule has 0 spiro atoms. The molecule has 1 atom stereocenters. The first-order valence-corrected chi connectivity index (χ1v) is 10.2. The number of nitrogens with one attached hydrogen (secondary N) is 1. The van der Waals surface area contributed by atoms with Crippen molar-refractivity contribution in [3.8, 4) is 5.75 Å². The zero-order chi connectivity index (χ0) is 23.1. The lowest BCUT2D eigenvalue weighted by Crippen LogP contribution is -2.33. The van der Waals surface area contributed by atoms with E-state index >= 15 is 0 Å². The lowest BCUT2D eigenvalue weighted by atomic mass is 10.1. The number of fused-ring (bicyclic) bond motifs is 1. The number of nitrogens with zero attached hydrogens (tertiary/aromatic N) is 1. The number of carboxylic acid groups (broad SMARTS) is 1. The molecule has 2 aromatic carbocycles. The molecule has 3 rings (SSSR count). The Bertz CT molecular complexity index is 1200. The van der Waals surface area contributed by atoms with E-state index in [1.165, 1.54) is 6.08 Å². The third kappa shape index (κ3) is 5.16. The Hall–Kier alpha value is -4.06. The molecule has 0 aliphatic rings. The van der Waals surface area contributed by atoms with Crippen molar-refractivity contribution in [2.75, 3.05) is 7.11 Å². The van der Waals surface area contributed by atoms with Crippen LogP contribution in [0.15, 0.2) is 91.2 Å². The zero-order valence-electron chi connectivity index (χ0n) is 18.1. The number of amides is 1. The van der Waals surface area contributed by atoms with Gasteiger partial charge in [0.2, 0.25) is 0 Å². The van der Waals surface area contributed by atoms with Crippen molar-refractivity contribution >= 4 is 22.8 Å². The normalized spacial score (nSPS) is 12.6. The number of allylic oxidation sites excluding steroid dienone is 2. The molecule has 1 amide bonds. The van der Waals surface area contributed by atoms with Crippen molar-refractivity contribution < 1.29 is 19.4 Å². The van der Waals surface area contributed by atoms with Crippen molar-refractivity contribution in [3.63, 3.8) is 0 Å². The fraction of sp³-hybridized carbons (Fsp3) is 0.154. The summed E-state index contributed by atoms with van der Waals surface area (Å²) in [5, 5.41) is 12.7. The van der Waals surface area contributed by atoms with Gasteiger partial charge in [-0.2, -0.15) is 0 Å². The summed E-state index contributed by atoms with van der Waals surface area (Å²) in [7, 11) is 1.64. The van der Waals surface area contributed by atoms with Gasteiger partial charge in [0, 0.05) is 23.2 Å². The highest BCUT2D eigenvalue weighted by atomic mass is 16.5. The van der Waals surface area contributed by atoms with Crippen LogP contribution in [0.4, 0.5) is 0 Å². The number of para-hydroxylation sites is 2. The highest BCUT2D eigenvalue weighted by Gasteiger charge is 2.17. The van der Waals surface area contributed by atoms with E-state index in [0.717, 1.165) is 28.3 Å². The second-order valence-electron chi connectivity index (χ2n) is 7.26. The minimum absolute atomic E-state index is 0.224. The quantitative estimate of drug-likeness (QED) is 0.385. The molecule has 0 fully saturated rings. The molecular formula is C26H26N2O4. The average molecular weight is 431 g/mol. The lowest BCUT2D eigenvalue weighted by Gasteiger charge is -2.17. The summed E-state index contributed by atoms with van der Waals surface area (Å²) >= 11 is 0. The van der Waals surface area contributed by atoms with Gasteiger partial charge in [-0.25, -0.2) is 4.79 Å². The highest BCUT2D eigenvalue weighted by molar-refractivity contribution is 6.06. The highest BCUT2D eigenvalue weighted by Crippen LogP contribution is 2.25. The predicted octanol–water partition coefficient (Wildman–Crippen LogP) is 4.57. The van der Waals surface area contributed by atoms with Gasteiger partial charge in [0.15, 0.2) is 0 Å². The Balaban J connectivity index is 1.90. The van der Waals surface area contributed by atoms with Crippen LogP contribution in [0.2, 0.25) is 0 Å². The van der Waals surface area contributed by atoms with Crippen LogP contribution in [0.25, 0.3) is 10.9 Å². The molecular weight excluding hydrogens is 404 g/mol. The van der Waals surface area contributed by atoms with E-state index in [1.54, 1.807) is 25.3 Å². The second-order valence-corrected chi connectivity index (χ2v) is 7.26. The van der Waals surface area contributed by atoms with Crippen LogP contribution < -0.4 is 10.1 Å². The van der Waals surface area contributed by atoms with E-state index in [4.69, 9.17) is 9.84 Å². The summed E-state index contributed by atoms with van der Waals surface area (Å²) in [5.74, 6) is -0.470. The number of hydrogen-bond acceptors (Lipinski definition) is 3. The third-order valence-electron chi connectivity index (χ3n) is 5.18. The summed E-state index contributed by atoms with van der Waals surface area (Å²) in [6, 6.07) is 15.1. The summed E-state index contributed by atoms with van der Waals surface area (Å²) < 4.78 is 7.51. The number of methoxy groups -OCH3 is 1. The van der Waals surface area contributed by atoms with E-state index in [-0.39, 0.29) is 11.9 Å². The average Bonchev–Trinajstić information content (AvgIpc) is 3.19. The predicted molar refractivity (Wildman–Crippen MR) is 126 cm³/mol. The van der Waals surface area contributed by atoms with Crippen LogP contribution in [0.3, 0.4) is 0 Å². The van der Waals surface area contributed by atoms with E-state index < -0.39 is 5.97 Å². The Morgan fingerprint density at radius 1 is 1.19 bits per heavy atom. The fourth-order valence-electron chi connectivity index (χ4n) is 3.58. The number of aliphatic carboxylic acids is 1. The first-order chi connectivity index (χ1) is 15.4. The second kappa shape index (κ2) is 10.3. The topological polar surface area (TPSA) is 80.6 Å². The zero-order valence-corrected chi connectivity index (χ0v) is 18.1. The van der Waals surface area contributed by atoms with Gasteiger partial charge in [0.1, 0.15) is 5.75 Å². The van der Waals surface area contributed by atoms with E-state index in [0.29, 0.717) is 17.7 Å². The number of rotatable bonds is 9.